The van der Waals surface area contributed by atoms with Gasteiger partial charge in [0, 0.05) is 27.0 Å². The number of para-hydroxylation sites is 1. The molecule has 0 radical (unpaired) electrons. The Labute approximate surface area is 168 Å². The van der Waals surface area contributed by atoms with Crippen LogP contribution in [-0.4, -0.2) is 32.0 Å². The van der Waals surface area contributed by atoms with Crippen LogP contribution in [0.5, 0.6) is 11.5 Å². The van der Waals surface area contributed by atoms with Gasteiger partial charge in [-0.3, -0.25) is 14.3 Å². The predicted octanol–water partition coefficient (Wildman–Crippen LogP) is 4.46. The van der Waals surface area contributed by atoms with Crippen molar-refractivity contribution in [1.82, 2.24) is 0 Å². The van der Waals surface area contributed by atoms with Crippen molar-refractivity contribution in [1.29, 1.82) is 0 Å². The van der Waals surface area contributed by atoms with E-state index in [0.29, 0.717) is 5.56 Å². The summed E-state index contributed by atoms with van der Waals surface area (Å²) in [6.07, 6.45) is 0. The van der Waals surface area contributed by atoms with Gasteiger partial charge in [0.1, 0.15) is 11.5 Å². The Morgan fingerprint density at radius 3 is 2.41 bits per heavy atom. The summed E-state index contributed by atoms with van der Waals surface area (Å²) in [4.78, 5) is 10.6. The number of nitro groups is 1. The normalized spacial score (nSPS) is 18.9. The summed E-state index contributed by atoms with van der Waals surface area (Å²) in [7, 11) is -5.89. The molecule has 1 aliphatic rings. The van der Waals surface area contributed by atoms with Gasteiger partial charge in [-0.1, -0.05) is 29.8 Å². The third kappa shape index (κ3) is 4.46. The smallest absolute Gasteiger partial charge is 0.457 e. The Hall–Kier alpha value is -2.37. The maximum Gasteiger partial charge on any atom is 0.523 e. The predicted molar refractivity (Wildman–Crippen MR) is 96.2 cm³/mol. The largest absolute Gasteiger partial charge is 0.523 e. The van der Waals surface area contributed by atoms with Gasteiger partial charge >= 0.3 is 15.6 Å². The molecule has 12 heteroatoms. The number of rotatable bonds is 5. The van der Waals surface area contributed by atoms with E-state index in [9.17, 15) is 31.7 Å². The number of hydrogen-bond donors (Lipinski definition) is 0. The van der Waals surface area contributed by atoms with E-state index < -0.39 is 45.5 Å². The second-order valence-corrected chi connectivity index (χ2v) is 8.28. The lowest BCUT2D eigenvalue weighted by Crippen LogP contribution is -2.29. The first-order chi connectivity index (χ1) is 13.5. The van der Waals surface area contributed by atoms with Crippen LogP contribution in [0.1, 0.15) is 23.0 Å². The zero-order valence-corrected chi connectivity index (χ0v) is 16.0. The van der Waals surface area contributed by atoms with Crippen LogP contribution in [0.2, 0.25) is 5.02 Å². The minimum absolute atomic E-state index is 0.186. The fourth-order valence-corrected chi connectivity index (χ4v) is 3.80. The number of alkyl halides is 3. The van der Waals surface area contributed by atoms with Crippen LogP contribution >= 0.6 is 11.6 Å². The molecule has 1 heterocycles. The summed E-state index contributed by atoms with van der Waals surface area (Å²) >= 11 is 5.99. The first-order valence-electron chi connectivity index (χ1n) is 8.13. The summed E-state index contributed by atoms with van der Waals surface area (Å²) in [5, 5.41) is 11.5. The van der Waals surface area contributed by atoms with Crippen LogP contribution in [0.4, 0.5) is 13.2 Å². The Bertz CT molecular complexity index is 1040. The number of ether oxygens (including phenoxy) is 1. The van der Waals surface area contributed by atoms with E-state index in [1.807, 2.05) is 0 Å². The second kappa shape index (κ2) is 7.81. The van der Waals surface area contributed by atoms with Crippen molar-refractivity contribution >= 4 is 21.7 Å². The second-order valence-electron chi connectivity index (χ2n) is 6.23. The molecule has 0 saturated heterocycles. The fraction of sp³-hybridized carbons (Fsp3) is 0.294. The molecule has 29 heavy (non-hydrogen) atoms. The minimum atomic E-state index is -5.89. The molecule has 0 bridgehead atoms. The molecule has 2 atom stereocenters. The van der Waals surface area contributed by atoms with Crippen LogP contribution < -0.4 is 4.74 Å². The van der Waals surface area contributed by atoms with Crippen molar-refractivity contribution in [3.8, 4) is 11.5 Å². The zero-order chi connectivity index (χ0) is 21.4. The van der Waals surface area contributed by atoms with Crippen LogP contribution in [0.15, 0.2) is 42.5 Å². The van der Waals surface area contributed by atoms with Crippen molar-refractivity contribution < 1.29 is 35.4 Å². The maximum atomic E-state index is 12.7. The molecule has 1 aliphatic heterocycles. The minimum Gasteiger partial charge on any atom is -0.457 e. The molecule has 0 fully saturated rings. The molecule has 0 amide bonds. The average Bonchev–Trinajstić information content (AvgIpc) is 2.73. The van der Waals surface area contributed by atoms with Gasteiger partial charge in [0.2, 0.25) is 6.54 Å². The average molecular weight is 452 g/mol. The molecule has 0 spiro atoms. The molecule has 3 rings (SSSR count). The van der Waals surface area contributed by atoms with E-state index in [-0.39, 0.29) is 22.1 Å². The van der Waals surface area contributed by atoms with Crippen LogP contribution in [-0.2, 0) is 14.3 Å². The Kier molecular flexibility index (Phi) is 5.74. The molecule has 7 nitrogen and oxygen atoms in total. The highest BCUT2D eigenvalue weighted by Crippen LogP contribution is 2.47. The summed E-state index contributed by atoms with van der Waals surface area (Å²) in [6, 6.07) is 10.6. The monoisotopic (exact) mass is 451 g/mol. The molecule has 0 unspecified atom stereocenters. The van der Waals surface area contributed by atoms with Gasteiger partial charge < -0.3 is 4.74 Å². The molecule has 0 N–H and O–H groups in total. The lowest BCUT2D eigenvalue weighted by atomic mass is 9.82. The van der Waals surface area contributed by atoms with Gasteiger partial charge in [-0.25, -0.2) is 0 Å². The third-order valence-corrected chi connectivity index (χ3v) is 5.68. The first-order valence-corrected chi connectivity index (χ1v) is 9.92. The summed E-state index contributed by atoms with van der Waals surface area (Å²) < 4.78 is 70.9. The fourth-order valence-electron chi connectivity index (χ4n) is 3.16. The van der Waals surface area contributed by atoms with Gasteiger partial charge in [0.15, 0.2) is 0 Å². The van der Waals surface area contributed by atoms with Gasteiger partial charge in [-0.15, -0.1) is 0 Å². The van der Waals surface area contributed by atoms with E-state index in [4.69, 9.17) is 16.3 Å². The van der Waals surface area contributed by atoms with Crippen LogP contribution in [0, 0.1) is 10.1 Å². The Morgan fingerprint density at radius 1 is 1.10 bits per heavy atom. The van der Waals surface area contributed by atoms with Crippen molar-refractivity contribution in [2.45, 2.75) is 17.3 Å². The maximum absolute atomic E-state index is 12.7. The van der Waals surface area contributed by atoms with E-state index in [1.54, 1.807) is 18.2 Å². The number of benzene rings is 2. The summed E-state index contributed by atoms with van der Waals surface area (Å²) in [5.41, 5.74) is -5.07. The quantitative estimate of drug-likeness (QED) is 0.288. The highest BCUT2D eigenvalue weighted by atomic mass is 35.5. The number of nitrogens with zero attached hydrogens (tertiary/aromatic N) is 1. The van der Waals surface area contributed by atoms with Gasteiger partial charge in [-0.2, -0.15) is 21.6 Å². The topological polar surface area (TPSA) is 95.7 Å². The molecule has 156 valence electrons. The molecular weight excluding hydrogens is 439 g/mol. The summed E-state index contributed by atoms with van der Waals surface area (Å²) in [6.45, 7) is -1.67. The lowest BCUT2D eigenvalue weighted by molar-refractivity contribution is -0.484. The summed E-state index contributed by atoms with van der Waals surface area (Å²) in [5.74, 6) is -1.71. The van der Waals surface area contributed by atoms with Gasteiger partial charge in [-0.05, 0) is 24.3 Å². The van der Waals surface area contributed by atoms with Gasteiger partial charge in [0.05, 0.1) is 12.5 Å². The van der Waals surface area contributed by atoms with Crippen molar-refractivity contribution in [3.05, 3.63) is 68.7 Å². The highest BCUT2D eigenvalue weighted by molar-refractivity contribution is 7.87. The van der Waals surface area contributed by atoms with Crippen LogP contribution in [0.25, 0.3) is 0 Å². The third-order valence-electron chi connectivity index (χ3n) is 4.43. The Morgan fingerprint density at radius 2 is 1.76 bits per heavy atom. The molecule has 0 aromatic heterocycles. The molecule has 0 aliphatic carbocycles. The first kappa shape index (κ1) is 21.3. The number of hydrogen-bond acceptors (Lipinski definition) is 6. The molecule has 0 saturated carbocycles. The standard InChI is InChI=1S/C17H13ClF3NO6S/c18-10-5-6-16-12(7-10)14(9-27-29(25,26)17(19,20)21)13(8-22(23)24)11-3-1-2-4-15(11)28-16/h1-7,13-14H,8-9H2/t13-,14-/m1/s1. The van der Waals surface area contributed by atoms with Crippen molar-refractivity contribution in [3.63, 3.8) is 0 Å². The van der Waals surface area contributed by atoms with Crippen molar-refractivity contribution in [2.75, 3.05) is 13.2 Å². The number of fused-ring (bicyclic) bond motifs is 2. The van der Waals surface area contributed by atoms with E-state index in [0.717, 1.165) is 0 Å². The SMILES string of the molecule is O=[N+]([O-])C[C@@H]1c2ccccc2Oc2ccc(Cl)cc2[C@H]1COS(=O)(=O)C(F)(F)F. The Balaban J connectivity index is 2.12. The van der Waals surface area contributed by atoms with Crippen molar-refractivity contribution in [2.24, 2.45) is 0 Å². The molecule has 2 aromatic carbocycles. The molecular formula is C17H13ClF3NO6S. The van der Waals surface area contributed by atoms with E-state index in [1.165, 1.54) is 24.3 Å². The zero-order valence-electron chi connectivity index (χ0n) is 14.4. The number of halogens is 4. The highest BCUT2D eigenvalue weighted by Gasteiger charge is 2.48. The van der Waals surface area contributed by atoms with E-state index >= 15 is 0 Å². The van der Waals surface area contributed by atoms with E-state index in [2.05, 4.69) is 4.18 Å². The molecule has 2 aromatic rings. The lowest BCUT2D eigenvalue weighted by Gasteiger charge is -2.24. The van der Waals surface area contributed by atoms with Gasteiger partial charge in [0.25, 0.3) is 0 Å². The van der Waals surface area contributed by atoms with Crippen LogP contribution in [0.3, 0.4) is 0 Å².